The number of allylic oxidation sites excluding steroid dienone is 4. The molecule has 2 aliphatic heterocycles. The first-order valence-electron chi connectivity index (χ1n) is 13.6. The molecular weight excluding hydrogens is 554 g/mol. The summed E-state index contributed by atoms with van der Waals surface area (Å²) in [6, 6.07) is 16.3. The van der Waals surface area contributed by atoms with Gasteiger partial charge in [0.25, 0.3) is 5.91 Å². The molecule has 2 aromatic carbocycles. The Balaban J connectivity index is 1.10. The molecule has 0 unspecified atom stereocenters. The van der Waals surface area contributed by atoms with Gasteiger partial charge in [-0.1, -0.05) is 58.4 Å². The van der Waals surface area contributed by atoms with Crippen LogP contribution in [0, 0.1) is 0 Å². The molecule has 0 bridgehead atoms. The fraction of sp³-hybridized carbons (Fsp3) is 0.312. The Morgan fingerprint density at radius 2 is 1.85 bits per heavy atom. The van der Waals surface area contributed by atoms with Gasteiger partial charge in [-0.25, -0.2) is 0 Å². The maximum atomic E-state index is 13.1. The molecule has 5 rings (SSSR count). The van der Waals surface area contributed by atoms with Crippen LogP contribution in [0.5, 0.6) is 0 Å². The van der Waals surface area contributed by atoms with Gasteiger partial charge in [-0.15, -0.1) is 0 Å². The number of hydrogen-bond acceptors (Lipinski definition) is 5. The number of carbonyl (C=O) groups is 2. The molecular formula is C32H34BrN3O3. The number of nitrogens with zero attached hydrogens (tertiary/aromatic N) is 2. The predicted octanol–water partition coefficient (Wildman–Crippen LogP) is 5.70. The van der Waals surface area contributed by atoms with Crippen LogP contribution in [0.15, 0.2) is 101 Å². The van der Waals surface area contributed by atoms with Crippen LogP contribution in [-0.4, -0.2) is 54.2 Å². The van der Waals surface area contributed by atoms with Gasteiger partial charge in [-0.3, -0.25) is 9.59 Å². The molecule has 3 aliphatic rings. The van der Waals surface area contributed by atoms with E-state index in [0.29, 0.717) is 18.9 Å². The summed E-state index contributed by atoms with van der Waals surface area (Å²) in [5.74, 6) is 1.23. The van der Waals surface area contributed by atoms with E-state index in [1.165, 1.54) is 5.56 Å². The van der Waals surface area contributed by atoms with Crippen LogP contribution in [0.25, 0.3) is 0 Å². The van der Waals surface area contributed by atoms with E-state index in [1.54, 1.807) is 18.4 Å². The highest BCUT2D eigenvalue weighted by molar-refractivity contribution is 9.10. The molecule has 0 saturated carbocycles. The predicted molar refractivity (Wildman–Crippen MR) is 157 cm³/mol. The minimum absolute atomic E-state index is 0.0112. The van der Waals surface area contributed by atoms with E-state index in [-0.39, 0.29) is 11.7 Å². The van der Waals surface area contributed by atoms with Crippen molar-refractivity contribution in [2.24, 2.45) is 0 Å². The smallest absolute Gasteiger partial charge is 0.251 e. The number of piperidine rings is 1. The maximum absolute atomic E-state index is 13.1. The molecule has 2 heterocycles. The van der Waals surface area contributed by atoms with Crippen molar-refractivity contribution in [3.8, 4) is 0 Å². The Kier molecular flexibility index (Phi) is 9.12. The number of ketones is 1. The van der Waals surface area contributed by atoms with Gasteiger partial charge in [0.2, 0.25) is 0 Å². The summed E-state index contributed by atoms with van der Waals surface area (Å²) in [6.45, 7) is 4.40. The number of rotatable bonds is 9. The van der Waals surface area contributed by atoms with E-state index in [0.717, 1.165) is 72.4 Å². The van der Waals surface area contributed by atoms with Gasteiger partial charge < -0.3 is 19.9 Å². The highest BCUT2D eigenvalue weighted by Gasteiger charge is 2.24. The number of benzene rings is 2. The summed E-state index contributed by atoms with van der Waals surface area (Å²) in [6.07, 6.45) is 14.2. The molecule has 0 atom stereocenters. The van der Waals surface area contributed by atoms with Crippen molar-refractivity contribution in [1.82, 2.24) is 15.1 Å². The quantitative estimate of drug-likeness (QED) is 0.407. The molecule has 6 nitrogen and oxygen atoms in total. The number of hydrogen-bond donors (Lipinski definition) is 1. The van der Waals surface area contributed by atoms with Crippen molar-refractivity contribution < 1.29 is 14.3 Å². The molecule has 1 aliphatic carbocycles. The second kappa shape index (κ2) is 13.1. The first-order valence-corrected chi connectivity index (χ1v) is 14.4. The Hall–Kier alpha value is -3.42. The monoisotopic (exact) mass is 587 g/mol. The number of carbonyl (C=O) groups excluding carboxylic acids is 2. The Labute approximate surface area is 238 Å². The standard InChI is InChI=1S/C32H34BrN3O3/c33-27-10-8-24(9-11-27)12-15-34-32(38)30-7-2-1-6-29(30)25-13-16-35(17-14-25)18-19-36-20-21-39-31(23-36)26-4-3-5-28(37)22-26/h1-11,20-21,23,25H,12-19,22H2,(H,34,38). The molecule has 1 amide bonds. The van der Waals surface area contributed by atoms with E-state index in [4.69, 9.17) is 4.74 Å². The van der Waals surface area contributed by atoms with Gasteiger partial charge in [0, 0.05) is 54.1 Å². The number of nitrogens with one attached hydrogen (secondary N) is 1. The van der Waals surface area contributed by atoms with Gasteiger partial charge >= 0.3 is 0 Å². The first kappa shape index (κ1) is 27.2. The molecule has 0 radical (unpaired) electrons. The third-order valence-corrected chi connectivity index (χ3v) is 8.04. The average molecular weight is 589 g/mol. The molecule has 1 N–H and O–H groups in total. The molecule has 1 saturated heterocycles. The molecule has 202 valence electrons. The third kappa shape index (κ3) is 7.37. The van der Waals surface area contributed by atoms with Gasteiger partial charge in [0.15, 0.2) is 5.78 Å². The first-order chi connectivity index (χ1) is 19.0. The third-order valence-electron chi connectivity index (χ3n) is 7.51. The Morgan fingerprint density at radius 1 is 1.05 bits per heavy atom. The summed E-state index contributed by atoms with van der Waals surface area (Å²) < 4.78 is 6.73. The van der Waals surface area contributed by atoms with Gasteiger partial charge in [0.05, 0.1) is 0 Å². The number of halogens is 1. The molecule has 0 aromatic heterocycles. The highest BCUT2D eigenvalue weighted by atomic mass is 79.9. The lowest BCUT2D eigenvalue weighted by atomic mass is 9.86. The van der Waals surface area contributed by atoms with E-state index >= 15 is 0 Å². The number of amides is 1. The van der Waals surface area contributed by atoms with Crippen LogP contribution in [0.2, 0.25) is 0 Å². The fourth-order valence-corrected chi connectivity index (χ4v) is 5.57. The van der Waals surface area contributed by atoms with E-state index in [1.807, 2.05) is 48.8 Å². The Bertz CT molecular complexity index is 1300. The minimum atomic E-state index is 0.0112. The normalized spacial score (nSPS) is 18.0. The lowest BCUT2D eigenvalue weighted by Crippen LogP contribution is -2.38. The zero-order valence-electron chi connectivity index (χ0n) is 22.0. The van der Waals surface area contributed by atoms with Crippen LogP contribution in [0.4, 0.5) is 0 Å². The van der Waals surface area contributed by atoms with E-state index < -0.39 is 0 Å². The summed E-state index contributed by atoms with van der Waals surface area (Å²) >= 11 is 3.46. The van der Waals surface area contributed by atoms with E-state index in [9.17, 15) is 9.59 Å². The number of likely N-dealkylation sites (tertiary alicyclic amines) is 1. The number of ether oxygens (including phenoxy) is 1. The van der Waals surface area contributed by atoms with Gasteiger partial charge in [0.1, 0.15) is 12.0 Å². The summed E-state index contributed by atoms with van der Waals surface area (Å²) in [7, 11) is 0. The minimum Gasteiger partial charge on any atom is -0.462 e. The van der Waals surface area contributed by atoms with Crippen LogP contribution in [0.1, 0.15) is 46.7 Å². The maximum Gasteiger partial charge on any atom is 0.251 e. The van der Waals surface area contributed by atoms with E-state index in [2.05, 4.69) is 49.2 Å². The summed E-state index contributed by atoms with van der Waals surface area (Å²) in [5, 5.41) is 3.12. The molecule has 0 spiro atoms. The van der Waals surface area contributed by atoms with Crippen molar-refractivity contribution in [2.45, 2.75) is 31.6 Å². The summed E-state index contributed by atoms with van der Waals surface area (Å²) in [5.41, 5.74) is 4.07. The Morgan fingerprint density at radius 3 is 2.64 bits per heavy atom. The average Bonchev–Trinajstić information content (AvgIpc) is 2.97. The summed E-state index contributed by atoms with van der Waals surface area (Å²) in [4.78, 5) is 29.4. The second-order valence-corrected chi connectivity index (χ2v) is 11.1. The highest BCUT2D eigenvalue weighted by Crippen LogP contribution is 2.30. The van der Waals surface area contributed by atoms with Crippen molar-refractivity contribution in [2.75, 3.05) is 32.7 Å². The van der Waals surface area contributed by atoms with Crippen molar-refractivity contribution in [3.05, 3.63) is 118 Å². The van der Waals surface area contributed by atoms with Gasteiger partial charge in [-0.05, 0) is 73.7 Å². The largest absolute Gasteiger partial charge is 0.462 e. The van der Waals surface area contributed by atoms with Crippen molar-refractivity contribution in [3.63, 3.8) is 0 Å². The fourth-order valence-electron chi connectivity index (χ4n) is 5.30. The van der Waals surface area contributed by atoms with Crippen molar-refractivity contribution >= 4 is 27.6 Å². The SMILES string of the molecule is O=C1C=CC=C(C2=CN(CCN3CCC(c4ccccc4C(=O)NCCc4ccc(Br)cc4)CC3)C=CO2)C1. The van der Waals surface area contributed by atoms with Crippen LogP contribution >= 0.6 is 15.9 Å². The molecule has 39 heavy (non-hydrogen) atoms. The van der Waals surface area contributed by atoms with Crippen LogP contribution < -0.4 is 5.32 Å². The molecule has 2 aromatic rings. The zero-order valence-corrected chi connectivity index (χ0v) is 23.6. The van der Waals surface area contributed by atoms with Crippen LogP contribution in [0.3, 0.4) is 0 Å². The lowest BCUT2D eigenvalue weighted by Gasteiger charge is -2.34. The topological polar surface area (TPSA) is 61.9 Å². The van der Waals surface area contributed by atoms with Crippen LogP contribution in [-0.2, 0) is 16.0 Å². The molecule has 7 heteroatoms. The van der Waals surface area contributed by atoms with Crippen molar-refractivity contribution in [1.29, 1.82) is 0 Å². The zero-order chi connectivity index (χ0) is 27.0. The van der Waals surface area contributed by atoms with Gasteiger partial charge in [-0.2, -0.15) is 0 Å². The second-order valence-electron chi connectivity index (χ2n) is 10.2. The molecule has 1 fully saturated rings. The lowest BCUT2D eigenvalue weighted by molar-refractivity contribution is -0.114.